The number of rotatable bonds is 1. The van der Waals surface area contributed by atoms with E-state index in [1.165, 1.54) is 16.7 Å². The van der Waals surface area contributed by atoms with Crippen LogP contribution in [0, 0.1) is 25.7 Å². The molecule has 0 unspecified atom stereocenters. The lowest BCUT2D eigenvalue weighted by atomic mass is 10.1. The van der Waals surface area contributed by atoms with Gasteiger partial charge in [-0.3, -0.25) is 0 Å². The maximum Gasteiger partial charge on any atom is 0.0248 e. The Balaban J connectivity index is 2.10. The molecule has 0 N–H and O–H groups in total. The third-order valence-electron chi connectivity index (χ3n) is 2.59. The highest BCUT2D eigenvalue weighted by molar-refractivity contribution is 5.55. The average Bonchev–Trinajstić information content (AvgIpc) is 2.35. The van der Waals surface area contributed by atoms with Crippen LogP contribution in [0.15, 0.2) is 54.6 Å². The summed E-state index contributed by atoms with van der Waals surface area (Å²) in [6.07, 6.45) is 3.96. The molecule has 0 nitrogen and oxygen atoms in total. The quantitative estimate of drug-likeness (QED) is 0.640. The first-order chi connectivity index (χ1) is 8.74. The SMILES string of the molecule is Cc1cc(C)cc(/C=C/C#Cc2ccccc2)c1. The van der Waals surface area contributed by atoms with Gasteiger partial charge in [0.15, 0.2) is 0 Å². The molecule has 0 radical (unpaired) electrons. The maximum absolute atomic E-state index is 3.11. The van der Waals surface area contributed by atoms with Crippen molar-refractivity contribution < 1.29 is 0 Å². The Morgan fingerprint density at radius 2 is 1.56 bits per heavy atom. The summed E-state index contributed by atoms with van der Waals surface area (Å²) in [6.45, 7) is 4.22. The molecule has 0 heteroatoms. The highest BCUT2D eigenvalue weighted by Gasteiger charge is 1.90. The van der Waals surface area contributed by atoms with E-state index in [0.29, 0.717) is 0 Å². The van der Waals surface area contributed by atoms with E-state index >= 15 is 0 Å². The predicted octanol–water partition coefficient (Wildman–Crippen LogP) is 4.37. The summed E-state index contributed by atoms with van der Waals surface area (Å²) in [4.78, 5) is 0. The summed E-state index contributed by atoms with van der Waals surface area (Å²) in [6, 6.07) is 16.5. The smallest absolute Gasteiger partial charge is 0.0248 e. The van der Waals surface area contributed by atoms with Gasteiger partial charge >= 0.3 is 0 Å². The normalized spacial score (nSPS) is 10.1. The van der Waals surface area contributed by atoms with Crippen LogP contribution < -0.4 is 0 Å². The van der Waals surface area contributed by atoms with Crippen molar-refractivity contribution in [2.24, 2.45) is 0 Å². The Labute approximate surface area is 109 Å². The van der Waals surface area contributed by atoms with E-state index in [9.17, 15) is 0 Å². The zero-order chi connectivity index (χ0) is 12.8. The van der Waals surface area contributed by atoms with Crippen molar-refractivity contribution in [3.05, 3.63) is 76.9 Å². The first-order valence-corrected chi connectivity index (χ1v) is 6.05. The number of benzene rings is 2. The Kier molecular flexibility index (Phi) is 3.99. The number of aryl methyl sites for hydroxylation is 2. The summed E-state index contributed by atoms with van der Waals surface area (Å²) in [5, 5.41) is 0. The van der Waals surface area contributed by atoms with Gasteiger partial charge < -0.3 is 0 Å². The van der Waals surface area contributed by atoms with Crippen LogP contribution in [0.2, 0.25) is 0 Å². The predicted molar refractivity (Wildman–Crippen MR) is 78.3 cm³/mol. The lowest BCUT2D eigenvalue weighted by Gasteiger charge is -1.98. The van der Waals surface area contributed by atoms with Crippen molar-refractivity contribution in [3.8, 4) is 11.8 Å². The van der Waals surface area contributed by atoms with Gasteiger partial charge in [0.05, 0.1) is 0 Å². The van der Waals surface area contributed by atoms with Gasteiger partial charge in [-0.25, -0.2) is 0 Å². The summed E-state index contributed by atoms with van der Waals surface area (Å²) in [5.74, 6) is 6.17. The lowest BCUT2D eigenvalue weighted by molar-refractivity contribution is 1.37. The molecular formula is C18H16. The molecule has 0 saturated carbocycles. The van der Waals surface area contributed by atoms with E-state index in [4.69, 9.17) is 0 Å². The standard InChI is InChI=1S/C18H16/c1-15-12-16(2)14-18(13-15)11-7-6-10-17-8-4-3-5-9-17/h3-5,7-9,11-14H,1-2H3/b11-7+. The van der Waals surface area contributed by atoms with Crippen LogP contribution in [0.1, 0.15) is 22.3 Å². The minimum atomic E-state index is 1.04. The van der Waals surface area contributed by atoms with Crippen molar-refractivity contribution in [1.82, 2.24) is 0 Å². The molecule has 0 aromatic heterocycles. The first kappa shape index (κ1) is 12.2. The molecular weight excluding hydrogens is 216 g/mol. The Morgan fingerprint density at radius 1 is 0.889 bits per heavy atom. The zero-order valence-electron chi connectivity index (χ0n) is 10.8. The Bertz CT molecular complexity index is 587. The van der Waals surface area contributed by atoms with E-state index in [0.717, 1.165) is 5.56 Å². The molecule has 0 amide bonds. The molecule has 0 spiro atoms. The monoisotopic (exact) mass is 232 g/mol. The fourth-order valence-corrected chi connectivity index (χ4v) is 1.89. The van der Waals surface area contributed by atoms with Gasteiger partial charge in [0.2, 0.25) is 0 Å². The maximum atomic E-state index is 3.11. The second-order valence-electron chi connectivity index (χ2n) is 4.39. The molecule has 0 atom stereocenters. The Hall–Kier alpha value is -2.26. The van der Waals surface area contributed by atoms with Crippen LogP contribution in [0.4, 0.5) is 0 Å². The third-order valence-corrected chi connectivity index (χ3v) is 2.59. The lowest BCUT2D eigenvalue weighted by Crippen LogP contribution is -1.79. The van der Waals surface area contributed by atoms with Crippen LogP contribution >= 0.6 is 0 Å². The molecule has 0 fully saturated rings. The second-order valence-corrected chi connectivity index (χ2v) is 4.39. The molecule has 0 bridgehead atoms. The van der Waals surface area contributed by atoms with Gasteiger partial charge in [-0.15, -0.1) is 0 Å². The van der Waals surface area contributed by atoms with E-state index < -0.39 is 0 Å². The van der Waals surface area contributed by atoms with E-state index in [2.05, 4.69) is 50.0 Å². The van der Waals surface area contributed by atoms with E-state index in [1.54, 1.807) is 0 Å². The first-order valence-electron chi connectivity index (χ1n) is 6.05. The minimum absolute atomic E-state index is 1.04. The molecule has 0 aliphatic rings. The fourth-order valence-electron chi connectivity index (χ4n) is 1.89. The second kappa shape index (κ2) is 5.89. The van der Waals surface area contributed by atoms with Crippen molar-refractivity contribution in [3.63, 3.8) is 0 Å². The number of hydrogen-bond acceptors (Lipinski definition) is 0. The average molecular weight is 232 g/mol. The highest BCUT2D eigenvalue weighted by Crippen LogP contribution is 2.10. The summed E-state index contributed by atoms with van der Waals surface area (Å²) in [7, 11) is 0. The van der Waals surface area contributed by atoms with Crippen molar-refractivity contribution in [1.29, 1.82) is 0 Å². The molecule has 88 valence electrons. The molecule has 18 heavy (non-hydrogen) atoms. The molecule has 2 aromatic carbocycles. The van der Waals surface area contributed by atoms with Gasteiger partial charge in [-0.05, 0) is 43.7 Å². The largest absolute Gasteiger partial charge is 0.0696 e. The van der Waals surface area contributed by atoms with Crippen LogP contribution in [0.3, 0.4) is 0 Å². The van der Waals surface area contributed by atoms with Crippen molar-refractivity contribution >= 4 is 6.08 Å². The fraction of sp³-hybridized carbons (Fsp3) is 0.111. The van der Waals surface area contributed by atoms with E-state index in [-0.39, 0.29) is 0 Å². The number of hydrogen-bond donors (Lipinski definition) is 0. The van der Waals surface area contributed by atoms with Gasteiger partial charge in [0.25, 0.3) is 0 Å². The van der Waals surface area contributed by atoms with Crippen LogP contribution in [0.5, 0.6) is 0 Å². The zero-order valence-corrected chi connectivity index (χ0v) is 10.8. The third kappa shape index (κ3) is 3.64. The van der Waals surface area contributed by atoms with Crippen LogP contribution in [-0.2, 0) is 0 Å². The summed E-state index contributed by atoms with van der Waals surface area (Å²) < 4.78 is 0. The number of allylic oxidation sites excluding steroid dienone is 1. The summed E-state index contributed by atoms with van der Waals surface area (Å²) in [5.41, 5.74) is 4.81. The molecule has 0 saturated heterocycles. The molecule has 0 heterocycles. The molecule has 2 aromatic rings. The van der Waals surface area contributed by atoms with Gasteiger partial charge in [0, 0.05) is 5.56 Å². The van der Waals surface area contributed by atoms with Crippen LogP contribution in [-0.4, -0.2) is 0 Å². The van der Waals surface area contributed by atoms with Crippen molar-refractivity contribution in [2.45, 2.75) is 13.8 Å². The summed E-state index contributed by atoms with van der Waals surface area (Å²) >= 11 is 0. The Morgan fingerprint density at radius 3 is 2.22 bits per heavy atom. The molecule has 0 aliphatic carbocycles. The van der Waals surface area contributed by atoms with Gasteiger partial charge in [-0.1, -0.05) is 59.4 Å². The van der Waals surface area contributed by atoms with Gasteiger partial charge in [0.1, 0.15) is 0 Å². The van der Waals surface area contributed by atoms with Gasteiger partial charge in [-0.2, -0.15) is 0 Å². The molecule has 0 aliphatic heterocycles. The van der Waals surface area contributed by atoms with E-state index in [1.807, 2.05) is 36.4 Å². The molecule has 2 rings (SSSR count). The highest BCUT2D eigenvalue weighted by atomic mass is 14.0. The van der Waals surface area contributed by atoms with Crippen LogP contribution in [0.25, 0.3) is 6.08 Å². The minimum Gasteiger partial charge on any atom is -0.0696 e. The van der Waals surface area contributed by atoms with Crippen molar-refractivity contribution in [2.75, 3.05) is 0 Å². The topological polar surface area (TPSA) is 0 Å².